The van der Waals surface area contributed by atoms with Gasteiger partial charge in [0.25, 0.3) is 5.91 Å². The van der Waals surface area contributed by atoms with Gasteiger partial charge < -0.3 is 25.4 Å². The average molecular weight is 406 g/mol. The van der Waals surface area contributed by atoms with E-state index in [1.54, 1.807) is 49.5 Å². The van der Waals surface area contributed by atoms with E-state index in [-0.39, 0.29) is 18.2 Å². The van der Waals surface area contributed by atoms with Gasteiger partial charge in [-0.1, -0.05) is 24.3 Å². The number of nitrogens with zero attached hydrogens (tertiary/aromatic N) is 1. The Morgan fingerprint density at radius 3 is 2.55 bits per heavy atom. The molecule has 2 aromatic carbocycles. The Balaban J connectivity index is 1.77. The summed E-state index contributed by atoms with van der Waals surface area (Å²) >= 11 is 0. The van der Waals surface area contributed by atoms with Crippen LogP contribution < -0.4 is 25.4 Å². The second kappa shape index (κ2) is 11.5. The molecule has 0 aromatic heterocycles. The number of hydrogen-bond donors (Lipinski definition) is 3. The largest absolute Gasteiger partial charge is 0.497 e. The summed E-state index contributed by atoms with van der Waals surface area (Å²) in [5.74, 6) is 0.965. The van der Waals surface area contributed by atoms with Gasteiger partial charge in [0.15, 0.2) is 5.96 Å². The van der Waals surface area contributed by atoms with Crippen LogP contribution in [-0.2, 0) is 6.54 Å². The molecule has 0 aliphatic rings. The molecular formula is C20H24F2N4O3. The lowest BCUT2D eigenvalue weighted by Crippen LogP contribution is -2.41. The van der Waals surface area contributed by atoms with Crippen LogP contribution in [0.1, 0.15) is 15.9 Å². The SMILES string of the molecule is CN=C(NCCNC(=O)c1cccc(OC)c1)NCc1ccccc1OC(F)F. The minimum Gasteiger partial charge on any atom is -0.497 e. The Kier molecular flexibility index (Phi) is 8.68. The zero-order chi connectivity index (χ0) is 21.1. The first kappa shape index (κ1) is 21.9. The van der Waals surface area contributed by atoms with Crippen molar-refractivity contribution in [1.29, 1.82) is 0 Å². The number of benzene rings is 2. The molecule has 0 saturated heterocycles. The van der Waals surface area contributed by atoms with E-state index in [4.69, 9.17) is 4.74 Å². The van der Waals surface area contributed by atoms with Crippen LogP contribution >= 0.6 is 0 Å². The van der Waals surface area contributed by atoms with Gasteiger partial charge in [0.1, 0.15) is 11.5 Å². The number of amides is 1. The maximum Gasteiger partial charge on any atom is 0.387 e. The molecule has 0 bridgehead atoms. The first-order chi connectivity index (χ1) is 14.0. The lowest BCUT2D eigenvalue weighted by molar-refractivity contribution is -0.0504. The summed E-state index contributed by atoms with van der Waals surface area (Å²) in [6, 6.07) is 13.4. The fourth-order valence-corrected chi connectivity index (χ4v) is 2.48. The smallest absolute Gasteiger partial charge is 0.387 e. The molecular weight excluding hydrogens is 382 g/mol. The molecule has 2 aromatic rings. The molecule has 3 N–H and O–H groups in total. The van der Waals surface area contributed by atoms with Crippen molar-refractivity contribution >= 4 is 11.9 Å². The van der Waals surface area contributed by atoms with Gasteiger partial charge in [0.05, 0.1) is 7.11 Å². The number of carbonyl (C=O) groups excluding carboxylic acids is 1. The Morgan fingerprint density at radius 2 is 1.83 bits per heavy atom. The molecule has 0 atom stereocenters. The summed E-state index contributed by atoms with van der Waals surface area (Å²) < 4.78 is 34.6. The Bertz CT molecular complexity index is 831. The highest BCUT2D eigenvalue weighted by molar-refractivity contribution is 5.94. The number of halogens is 2. The summed E-state index contributed by atoms with van der Waals surface area (Å²) in [6.45, 7) is -1.85. The van der Waals surface area contributed by atoms with E-state index in [9.17, 15) is 13.6 Å². The van der Waals surface area contributed by atoms with Gasteiger partial charge in [-0.3, -0.25) is 9.79 Å². The predicted molar refractivity (Wildman–Crippen MR) is 107 cm³/mol. The highest BCUT2D eigenvalue weighted by atomic mass is 19.3. The highest BCUT2D eigenvalue weighted by Gasteiger charge is 2.10. The van der Waals surface area contributed by atoms with E-state index in [2.05, 4.69) is 25.7 Å². The third kappa shape index (κ3) is 7.28. The molecule has 29 heavy (non-hydrogen) atoms. The van der Waals surface area contributed by atoms with Crippen LogP contribution in [-0.4, -0.2) is 45.7 Å². The van der Waals surface area contributed by atoms with Gasteiger partial charge >= 0.3 is 6.61 Å². The molecule has 0 spiro atoms. The maximum absolute atomic E-state index is 12.5. The molecule has 156 valence electrons. The first-order valence-corrected chi connectivity index (χ1v) is 8.93. The fraction of sp³-hybridized carbons (Fsp3) is 0.300. The predicted octanol–water partition coefficient (Wildman–Crippen LogP) is 2.39. The van der Waals surface area contributed by atoms with Gasteiger partial charge in [-0.15, -0.1) is 0 Å². The van der Waals surface area contributed by atoms with E-state index in [1.165, 1.54) is 13.2 Å². The Morgan fingerprint density at radius 1 is 1.07 bits per heavy atom. The molecule has 0 radical (unpaired) electrons. The topological polar surface area (TPSA) is 84.0 Å². The number of aliphatic imine (C=N–C) groups is 1. The van der Waals surface area contributed by atoms with Crippen LogP contribution in [0.3, 0.4) is 0 Å². The average Bonchev–Trinajstić information content (AvgIpc) is 2.73. The van der Waals surface area contributed by atoms with Crippen LogP contribution in [0.25, 0.3) is 0 Å². The van der Waals surface area contributed by atoms with E-state index < -0.39 is 6.61 Å². The van der Waals surface area contributed by atoms with Crippen molar-refractivity contribution in [2.75, 3.05) is 27.2 Å². The molecule has 0 saturated carbocycles. The van der Waals surface area contributed by atoms with Crippen LogP contribution in [0.15, 0.2) is 53.5 Å². The minimum atomic E-state index is -2.89. The fourth-order valence-electron chi connectivity index (χ4n) is 2.48. The number of rotatable bonds is 9. The van der Waals surface area contributed by atoms with Crippen molar-refractivity contribution in [2.24, 2.45) is 4.99 Å². The van der Waals surface area contributed by atoms with Crippen molar-refractivity contribution in [3.05, 3.63) is 59.7 Å². The zero-order valence-corrected chi connectivity index (χ0v) is 16.2. The number of ether oxygens (including phenoxy) is 2. The molecule has 0 heterocycles. The molecule has 0 fully saturated rings. The van der Waals surface area contributed by atoms with Gasteiger partial charge in [0, 0.05) is 37.8 Å². The molecule has 7 nitrogen and oxygen atoms in total. The van der Waals surface area contributed by atoms with E-state index >= 15 is 0 Å². The number of guanidine groups is 1. The van der Waals surface area contributed by atoms with E-state index in [0.717, 1.165) is 0 Å². The Labute approximate surface area is 168 Å². The molecule has 0 unspecified atom stereocenters. The Hall–Kier alpha value is -3.36. The van der Waals surface area contributed by atoms with Gasteiger partial charge in [-0.05, 0) is 24.3 Å². The molecule has 0 aliphatic heterocycles. The quantitative estimate of drug-likeness (QED) is 0.338. The van der Waals surface area contributed by atoms with Crippen LogP contribution in [0.5, 0.6) is 11.5 Å². The van der Waals surface area contributed by atoms with Crippen molar-refractivity contribution in [3.63, 3.8) is 0 Å². The van der Waals surface area contributed by atoms with Gasteiger partial charge in [-0.2, -0.15) is 8.78 Å². The second-order valence-electron chi connectivity index (χ2n) is 5.83. The lowest BCUT2D eigenvalue weighted by Gasteiger charge is -2.14. The number of nitrogens with one attached hydrogen (secondary N) is 3. The third-order valence-electron chi connectivity index (χ3n) is 3.89. The minimum absolute atomic E-state index is 0.107. The van der Waals surface area contributed by atoms with E-state index in [0.29, 0.717) is 35.9 Å². The summed E-state index contributed by atoms with van der Waals surface area (Å²) in [7, 11) is 3.13. The third-order valence-corrected chi connectivity index (χ3v) is 3.89. The number of carbonyl (C=O) groups is 1. The molecule has 0 aliphatic carbocycles. The molecule has 2 rings (SSSR count). The second-order valence-corrected chi connectivity index (χ2v) is 5.83. The number of hydrogen-bond acceptors (Lipinski definition) is 4. The van der Waals surface area contributed by atoms with Crippen LogP contribution in [0.2, 0.25) is 0 Å². The molecule has 9 heteroatoms. The van der Waals surface area contributed by atoms with Crippen molar-refractivity contribution < 1.29 is 23.0 Å². The number of alkyl halides is 2. The summed E-state index contributed by atoms with van der Waals surface area (Å²) in [5, 5.41) is 8.85. The van der Waals surface area contributed by atoms with Crippen molar-refractivity contribution in [2.45, 2.75) is 13.2 Å². The number of methoxy groups -OCH3 is 1. The van der Waals surface area contributed by atoms with Crippen molar-refractivity contribution in [1.82, 2.24) is 16.0 Å². The monoisotopic (exact) mass is 406 g/mol. The standard InChI is InChI=1S/C20H24F2N4O3/c1-23-20(26-13-15-6-3-4-9-17(15)29-19(21)22)25-11-10-24-18(27)14-7-5-8-16(12-14)28-2/h3-9,12,19H,10-11,13H2,1-2H3,(H,24,27)(H2,23,25,26). The van der Waals surface area contributed by atoms with E-state index in [1.807, 2.05) is 0 Å². The maximum atomic E-state index is 12.5. The molecule has 1 amide bonds. The lowest BCUT2D eigenvalue weighted by atomic mass is 10.2. The van der Waals surface area contributed by atoms with Gasteiger partial charge in [-0.25, -0.2) is 0 Å². The number of para-hydroxylation sites is 1. The first-order valence-electron chi connectivity index (χ1n) is 8.93. The summed E-state index contributed by atoms with van der Waals surface area (Å²) in [4.78, 5) is 16.2. The van der Waals surface area contributed by atoms with Crippen LogP contribution in [0, 0.1) is 0 Å². The summed E-state index contributed by atoms with van der Waals surface area (Å²) in [5.41, 5.74) is 1.07. The normalized spacial score (nSPS) is 11.1. The zero-order valence-electron chi connectivity index (χ0n) is 16.2. The highest BCUT2D eigenvalue weighted by Crippen LogP contribution is 2.19. The van der Waals surface area contributed by atoms with Crippen molar-refractivity contribution in [3.8, 4) is 11.5 Å². The van der Waals surface area contributed by atoms with Crippen LogP contribution in [0.4, 0.5) is 8.78 Å². The summed E-state index contributed by atoms with van der Waals surface area (Å²) in [6.07, 6.45) is 0. The van der Waals surface area contributed by atoms with Gasteiger partial charge in [0.2, 0.25) is 0 Å².